The second-order valence-electron chi connectivity index (χ2n) is 12.4. The predicted molar refractivity (Wildman–Crippen MR) is 132 cm³/mol. The van der Waals surface area contributed by atoms with Crippen LogP contribution in [0.3, 0.4) is 0 Å². The molecule has 4 bridgehead atoms. The molecule has 5 unspecified atom stereocenters. The minimum Gasteiger partial charge on any atom is -0.458 e. The number of esters is 1. The van der Waals surface area contributed by atoms with Gasteiger partial charge in [0.1, 0.15) is 5.60 Å². The highest BCUT2D eigenvalue weighted by molar-refractivity contribution is 5.77. The smallest absolute Gasteiger partial charge is 0.312 e. The molecule has 4 saturated carbocycles. The van der Waals surface area contributed by atoms with Gasteiger partial charge in [-0.3, -0.25) is 4.79 Å². The third-order valence-electron chi connectivity index (χ3n) is 8.43. The van der Waals surface area contributed by atoms with Crippen molar-refractivity contribution >= 4 is 5.97 Å². The summed E-state index contributed by atoms with van der Waals surface area (Å²) in [5.74, 6) is 0.934. The summed E-state index contributed by atoms with van der Waals surface area (Å²) >= 11 is 0. The maximum atomic E-state index is 13.8. The van der Waals surface area contributed by atoms with Gasteiger partial charge in [-0.25, -0.2) is 0 Å². The largest absolute Gasteiger partial charge is 0.458 e. The third-order valence-corrected chi connectivity index (χ3v) is 8.43. The van der Waals surface area contributed by atoms with Gasteiger partial charge in [-0.2, -0.15) is 0 Å². The monoisotopic (exact) mass is 482 g/mol. The van der Waals surface area contributed by atoms with Crippen molar-refractivity contribution < 1.29 is 28.5 Å². The number of hydrogen-bond donors (Lipinski definition) is 0. The van der Waals surface area contributed by atoms with Crippen LogP contribution in [0.15, 0.2) is 0 Å². The standard InChI is InChI=1S/C28H50O6/c1-10-30-21(7)32-26-13-23-14-27(16-26,33-22(8)31-11-2)18-28(15-23,17-26)34-24(29)25(9,20(5)6)12-19(3)4/h19-23H,10-18H2,1-9H3. The van der Waals surface area contributed by atoms with Crippen molar-refractivity contribution in [3.05, 3.63) is 0 Å². The quantitative estimate of drug-likeness (QED) is 0.228. The Hall–Kier alpha value is -0.690. The van der Waals surface area contributed by atoms with Crippen molar-refractivity contribution in [1.82, 2.24) is 0 Å². The van der Waals surface area contributed by atoms with Crippen LogP contribution >= 0.6 is 0 Å². The first-order valence-corrected chi connectivity index (χ1v) is 13.6. The molecule has 4 aliphatic carbocycles. The Morgan fingerprint density at radius 3 is 1.68 bits per heavy atom. The van der Waals surface area contributed by atoms with E-state index < -0.39 is 22.2 Å². The van der Waals surface area contributed by atoms with Gasteiger partial charge in [0.05, 0.1) is 16.6 Å². The molecule has 4 rings (SSSR count). The first-order chi connectivity index (χ1) is 15.8. The van der Waals surface area contributed by atoms with Crippen molar-refractivity contribution in [2.75, 3.05) is 13.2 Å². The molecule has 34 heavy (non-hydrogen) atoms. The molecule has 0 aromatic rings. The maximum absolute atomic E-state index is 13.8. The molecular formula is C28H50O6. The van der Waals surface area contributed by atoms with E-state index in [1.165, 1.54) is 0 Å². The molecule has 4 aliphatic rings. The lowest BCUT2D eigenvalue weighted by Gasteiger charge is -2.65. The van der Waals surface area contributed by atoms with Crippen molar-refractivity contribution in [1.29, 1.82) is 0 Å². The van der Waals surface area contributed by atoms with Gasteiger partial charge in [0.25, 0.3) is 0 Å². The highest BCUT2D eigenvalue weighted by Gasteiger charge is 2.67. The summed E-state index contributed by atoms with van der Waals surface area (Å²) in [5, 5.41) is 0. The SMILES string of the molecule is CCOC(C)OC12CC3CC(OC(=O)C(C)(CC(C)C)C(C)C)(C1)CC(OC(C)OCC)(C3)C2. The summed E-state index contributed by atoms with van der Waals surface area (Å²) in [4.78, 5) is 13.8. The van der Waals surface area contributed by atoms with Crippen molar-refractivity contribution in [3.8, 4) is 0 Å². The fraction of sp³-hybridized carbons (Fsp3) is 0.964. The minimum absolute atomic E-state index is 0.0702. The van der Waals surface area contributed by atoms with E-state index >= 15 is 0 Å². The highest BCUT2D eigenvalue weighted by Crippen LogP contribution is 2.63. The van der Waals surface area contributed by atoms with Crippen LogP contribution in [-0.2, 0) is 28.5 Å². The van der Waals surface area contributed by atoms with Crippen LogP contribution in [-0.4, -0.2) is 48.6 Å². The zero-order valence-electron chi connectivity index (χ0n) is 23.2. The Kier molecular flexibility index (Phi) is 8.49. The van der Waals surface area contributed by atoms with Gasteiger partial charge in [0, 0.05) is 32.5 Å². The van der Waals surface area contributed by atoms with Crippen LogP contribution in [0.25, 0.3) is 0 Å². The molecule has 0 radical (unpaired) electrons. The number of rotatable bonds is 13. The molecule has 0 heterocycles. The zero-order chi connectivity index (χ0) is 25.4. The number of hydrogen-bond acceptors (Lipinski definition) is 6. The first-order valence-electron chi connectivity index (χ1n) is 13.6. The normalized spacial score (nSPS) is 36.0. The Bertz CT molecular complexity index is 675. The van der Waals surface area contributed by atoms with Crippen LogP contribution < -0.4 is 0 Å². The second kappa shape index (κ2) is 10.4. The molecule has 198 valence electrons. The van der Waals surface area contributed by atoms with Crippen molar-refractivity contribution in [2.24, 2.45) is 23.2 Å². The average Bonchev–Trinajstić information content (AvgIpc) is 2.64. The molecule has 5 atom stereocenters. The lowest BCUT2D eigenvalue weighted by molar-refractivity contribution is -0.334. The lowest BCUT2D eigenvalue weighted by atomic mass is 9.50. The number of carbonyl (C=O) groups is 1. The summed E-state index contributed by atoms with van der Waals surface area (Å²) in [6.07, 6.45) is 5.22. The van der Waals surface area contributed by atoms with E-state index in [2.05, 4.69) is 34.6 Å². The van der Waals surface area contributed by atoms with E-state index in [9.17, 15) is 4.79 Å². The number of ether oxygens (including phenoxy) is 5. The maximum Gasteiger partial charge on any atom is 0.312 e. The second-order valence-corrected chi connectivity index (χ2v) is 12.4. The molecule has 0 amide bonds. The molecule has 0 N–H and O–H groups in total. The molecule has 0 aromatic heterocycles. The van der Waals surface area contributed by atoms with E-state index in [1.807, 2.05) is 27.7 Å². The molecule has 0 saturated heterocycles. The van der Waals surface area contributed by atoms with Gasteiger partial charge in [-0.1, -0.05) is 27.7 Å². The Morgan fingerprint density at radius 1 is 0.824 bits per heavy atom. The summed E-state index contributed by atoms with van der Waals surface area (Å²) in [6.45, 7) is 19.8. The van der Waals surface area contributed by atoms with Gasteiger partial charge >= 0.3 is 5.97 Å². The molecule has 0 aliphatic heterocycles. The van der Waals surface area contributed by atoms with E-state index in [0.29, 0.717) is 37.9 Å². The van der Waals surface area contributed by atoms with Gasteiger partial charge in [0.15, 0.2) is 12.6 Å². The van der Waals surface area contributed by atoms with Gasteiger partial charge < -0.3 is 23.7 Å². The minimum atomic E-state index is -0.568. The molecule has 0 aromatic carbocycles. The lowest BCUT2D eigenvalue weighted by Crippen LogP contribution is -2.69. The van der Waals surface area contributed by atoms with Crippen LogP contribution in [0.2, 0.25) is 0 Å². The fourth-order valence-corrected chi connectivity index (χ4v) is 7.51. The predicted octanol–water partition coefficient (Wildman–Crippen LogP) is 6.25. The molecule has 0 spiro atoms. The molecule has 6 heteroatoms. The van der Waals surface area contributed by atoms with Gasteiger partial charge in [-0.15, -0.1) is 0 Å². The molecule has 6 nitrogen and oxygen atoms in total. The van der Waals surface area contributed by atoms with Crippen molar-refractivity contribution in [2.45, 2.75) is 137 Å². The summed E-state index contributed by atoms with van der Waals surface area (Å²) in [5.41, 5.74) is -1.91. The van der Waals surface area contributed by atoms with Crippen molar-refractivity contribution in [3.63, 3.8) is 0 Å². The van der Waals surface area contributed by atoms with E-state index in [4.69, 9.17) is 23.7 Å². The Balaban J connectivity index is 1.92. The van der Waals surface area contributed by atoms with E-state index in [0.717, 1.165) is 32.1 Å². The Morgan fingerprint density at radius 2 is 1.26 bits per heavy atom. The van der Waals surface area contributed by atoms with Crippen LogP contribution in [0.5, 0.6) is 0 Å². The van der Waals surface area contributed by atoms with Crippen LogP contribution in [0, 0.1) is 23.2 Å². The first kappa shape index (κ1) is 27.9. The summed E-state index contributed by atoms with van der Waals surface area (Å²) in [7, 11) is 0. The van der Waals surface area contributed by atoms with E-state index in [-0.39, 0.29) is 24.5 Å². The summed E-state index contributed by atoms with van der Waals surface area (Å²) in [6, 6.07) is 0. The molecular weight excluding hydrogens is 432 g/mol. The molecule has 4 fully saturated rings. The van der Waals surface area contributed by atoms with Gasteiger partial charge in [0.2, 0.25) is 0 Å². The average molecular weight is 483 g/mol. The third kappa shape index (κ3) is 5.82. The fourth-order valence-electron chi connectivity index (χ4n) is 7.51. The van der Waals surface area contributed by atoms with Crippen LogP contribution in [0.1, 0.15) is 107 Å². The van der Waals surface area contributed by atoms with Gasteiger partial charge in [-0.05, 0) is 78.1 Å². The number of carbonyl (C=O) groups excluding carboxylic acids is 1. The van der Waals surface area contributed by atoms with E-state index in [1.54, 1.807) is 0 Å². The summed E-state index contributed by atoms with van der Waals surface area (Å²) < 4.78 is 31.4. The zero-order valence-corrected chi connectivity index (χ0v) is 23.2. The topological polar surface area (TPSA) is 63.2 Å². The van der Waals surface area contributed by atoms with Crippen LogP contribution in [0.4, 0.5) is 0 Å². The Labute approximate surface area is 207 Å². The highest BCUT2D eigenvalue weighted by atomic mass is 16.7.